The van der Waals surface area contributed by atoms with Gasteiger partial charge in [0.25, 0.3) is 5.56 Å². The zero-order chi connectivity index (χ0) is 32.5. The molecule has 0 saturated heterocycles. The van der Waals surface area contributed by atoms with Crippen LogP contribution in [0.3, 0.4) is 0 Å². The van der Waals surface area contributed by atoms with Crippen molar-refractivity contribution in [1.82, 2.24) is 9.13 Å². The number of aromatic carboxylic acids is 1. The van der Waals surface area contributed by atoms with Crippen LogP contribution in [-0.2, 0) is 9.53 Å². The molecule has 3 aromatic carbocycles. The summed E-state index contributed by atoms with van der Waals surface area (Å²) in [7, 11) is 0. The van der Waals surface area contributed by atoms with E-state index in [0.29, 0.717) is 20.6 Å². The molecule has 0 aliphatic carbocycles. The van der Waals surface area contributed by atoms with E-state index in [2.05, 4.69) is 0 Å². The molecule has 1 aliphatic rings. The van der Waals surface area contributed by atoms with Crippen LogP contribution < -0.4 is 14.9 Å². The Labute approximate surface area is 273 Å². The number of ether oxygens (including phenoxy) is 1. The Morgan fingerprint density at radius 1 is 1.02 bits per heavy atom. The molecule has 0 radical (unpaired) electrons. The van der Waals surface area contributed by atoms with Gasteiger partial charge in [-0.15, -0.1) is 11.8 Å². The number of carbonyl (C=O) groups excluding carboxylic acids is 1. The first-order valence-electron chi connectivity index (χ1n) is 14.7. The van der Waals surface area contributed by atoms with Crippen molar-refractivity contribution in [3.8, 4) is 5.69 Å². The van der Waals surface area contributed by atoms with Crippen molar-refractivity contribution in [2.75, 3.05) is 12.9 Å². The number of fused-ring (bicyclic) bond motifs is 1. The number of aryl methyl sites for hydroxylation is 1. The first-order valence-corrected chi connectivity index (χ1v) is 16.7. The highest BCUT2D eigenvalue weighted by atomic mass is 32.2. The summed E-state index contributed by atoms with van der Waals surface area (Å²) in [5.41, 5.74) is 5.51. The van der Waals surface area contributed by atoms with Gasteiger partial charge < -0.3 is 14.4 Å². The van der Waals surface area contributed by atoms with E-state index < -0.39 is 18.0 Å². The number of aromatic nitrogens is 2. The van der Waals surface area contributed by atoms with Crippen molar-refractivity contribution < 1.29 is 19.4 Å². The lowest BCUT2D eigenvalue weighted by molar-refractivity contribution is -0.138. The summed E-state index contributed by atoms with van der Waals surface area (Å²) in [5, 5.41) is 9.52. The molecule has 1 aliphatic heterocycles. The molecule has 8 nitrogen and oxygen atoms in total. The number of hydrogen-bond donors (Lipinski definition) is 1. The highest BCUT2D eigenvalue weighted by molar-refractivity contribution is 7.98. The molecule has 232 valence electrons. The number of thioether (sulfide) groups is 1. The molecule has 5 aromatic rings. The molecule has 46 heavy (non-hydrogen) atoms. The van der Waals surface area contributed by atoms with Crippen molar-refractivity contribution in [3.63, 3.8) is 0 Å². The van der Waals surface area contributed by atoms with Crippen molar-refractivity contribution in [1.29, 1.82) is 0 Å². The third-order valence-electron chi connectivity index (χ3n) is 7.91. The minimum Gasteiger partial charge on any atom is -0.478 e. The van der Waals surface area contributed by atoms with Crippen LogP contribution in [0.15, 0.2) is 105 Å². The number of benzene rings is 3. The minimum atomic E-state index is -1.000. The molecule has 0 amide bonds. The van der Waals surface area contributed by atoms with Gasteiger partial charge in [0.1, 0.15) is 0 Å². The second-order valence-corrected chi connectivity index (χ2v) is 12.6. The van der Waals surface area contributed by atoms with Gasteiger partial charge in [-0.3, -0.25) is 9.36 Å². The van der Waals surface area contributed by atoms with Crippen molar-refractivity contribution in [2.45, 2.75) is 31.7 Å². The Bertz CT molecular complexity index is 2190. The number of thiazole rings is 1. The van der Waals surface area contributed by atoms with Crippen LogP contribution in [0, 0.1) is 13.8 Å². The van der Waals surface area contributed by atoms with E-state index in [1.165, 1.54) is 11.3 Å². The van der Waals surface area contributed by atoms with E-state index in [9.17, 15) is 19.5 Å². The van der Waals surface area contributed by atoms with Gasteiger partial charge in [-0.1, -0.05) is 59.9 Å². The maximum atomic E-state index is 14.3. The zero-order valence-corrected chi connectivity index (χ0v) is 27.3. The summed E-state index contributed by atoms with van der Waals surface area (Å²) in [4.78, 5) is 46.1. The maximum absolute atomic E-state index is 14.3. The van der Waals surface area contributed by atoms with Crippen molar-refractivity contribution in [3.05, 3.63) is 144 Å². The average Bonchev–Trinajstić information content (AvgIpc) is 3.53. The van der Waals surface area contributed by atoms with Gasteiger partial charge in [0.05, 0.1) is 34.0 Å². The first kappa shape index (κ1) is 31.1. The second-order valence-electron chi connectivity index (χ2n) is 10.7. The Hall–Kier alpha value is -4.93. The Morgan fingerprint density at radius 3 is 2.43 bits per heavy atom. The molecule has 6 rings (SSSR count). The molecule has 0 spiro atoms. The molecule has 2 aromatic heterocycles. The largest absolute Gasteiger partial charge is 0.478 e. The Morgan fingerprint density at radius 2 is 1.76 bits per heavy atom. The van der Waals surface area contributed by atoms with Crippen LogP contribution in [0.2, 0.25) is 0 Å². The molecule has 10 heteroatoms. The number of carboxylic acid groups (broad SMARTS) is 1. The average molecular weight is 650 g/mol. The highest BCUT2D eigenvalue weighted by Gasteiger charge is 2.35. The number of carbonyl (C=O) groups is 2. The molecule has 3 heterocycles. The standard InChI is InChI=1S/C36H31N3O5S2/c1-5-44-35(43)30-31(23-10-7-6-8-11-23)37-36-39(32(30)24-14-16-28(45-4)17-15-24)33(40)29(46-36)20-26-18-21(2)38(22(26)3)27-13-9-12-25(19-27)34(41)42/h6-20,32H,5H2,1-4H3,(H,41,42)/b29-20-/t32-/m0/s1. The van der Waals surface area contributed by atoms with Crippen molar-refractivity contribution in [2.24, 2.45) is 4.99 Å². The van der Waals surface area contributed by atoms with Crippen molar-refractivity contribution >= 4 is 46.8 Å². The third kappa shape index (κ3) is 5.65. The summed E-state index contributed by atoms with van der Waals surface area (Å²) >= 11 is 2.88. The number of nitrogens with zero attached hydrogens (tertiary/aromatic N) is 3. The Kier molecular flexibility index (Phi) is 8.66. The normalized spacial score (nSPS) is 14.6. The molecule has 1 N–H and O–H groups in total. The van der Waals surface area contributed by atoms with E-state index >= 15 is 0 Å². The van der Waals surface area contributed by atoms with Crippen LogP contribution in [0.1, 0.15) is 51.4 Å². The summed E-state index contributed by atoms with van der Waals surface area (Å²) in [6.45, 7) is 5.81. The maximum Gasteiger partial charge on any atom is 0.338 e. The van der Waals surface area contributed by atoms with Gasteiger partial charge in [-0.25, -0.2) is 14.6 Å². The number of esters is 1. The molecule has 0 fully saturated rings. The van der Waals surface area contributed by atoms with Crippen LogP contribution in [0.4, 0.5) is 0 Å². The fraction of sp³-hybridized carbons (Fsp3) is 0.167. The van der Waals surface area contributed by atoms with E-state index in [1.54, 1.807) is 41.5 Å². The van der Waals surface area contributed by atoms with Gasteiger partial charge >= 0.3 is 11.9 Å². The predicted molar refractivity (Wildman–Crippen MR) is 181 cm³/mol. The molecule has 1 atom stereocenters. The third-order valence-corrected chi connectivity index (χ3v) is 9.64. The van der Waals surface area contributed by atoms with E-state index in [4.69, 9.17) is 9.73 Å². The molecule has 0 unspecified atom stereocenters. The monoisotopic (exact) mass is 649 g/mol. The minimum absolute atomic E-state index is 0.179. The van der Waals surface area contributed by atoms with Gasteiger partial charge in [0.2, 0.25) is 0 Å². The summed E-state index contributed by atoms with van der Waals surface area (Å²) in [6.07, 6.45) is 3.84. The first-order chi connectivity index (χ1) is 22.2. The lowest BCUT2D eigenvalue weighted by atomic mass is 9.93. The van der Waals surface area contributed by atoms with Gasteiger partial charge in [-0.05, 0) is 80.6 Å². The van der Waals surface area contributed by atoms with E-state index in [-0.39, 0.29) is 17.7 Å². The fourth-order valence-electron chi connectivity index (χ4n) is 5.79. The Balaban J connectivity index is 1.58. The SMILES string of the molecule is CCOC(=O)C1=C(c2ccccc2)N=c2s/c(=C\c3cc(C)n(-c4cccc(C(=O)O)c4)c3C)c(=O)n2[C@H]1c1ccc(SC)cc1. The molecule has 0 bridgehead atoms. The number of carboxylic acids is 1. The van der Waals surface area contributed by atoms with Crippen LogP contribution in [0.5, 0.6) is 0 Å². The van der Waals surface area contributed by atoms with Crippen LogP contribution in [0.25, 0.3) is 17.5 Å². The topological polar surface area (TPSA) is 103 Å². The molecular weight excluding hydrogens is 619 g/mol. The summed E-state index contributed by atoms with van der Waals surface area (Å²) in [6, 6.07) is 25.3. The van der Waals surface area contributed by atoms with E-state index in [1.807, 2.05) is 97.5 Å². The number of rotatable bonds is 8. The summed E-state index contributed by atoms with van der Waals surface area (Å²) < 4.78 is 9.59. The van der Waals surface area contributed by atoms with Gasteiger partial charge in [0, 0.05) is 27.5 Å². The lowest BCUT2D eigenvalue weighted by Crippen LogP contribution is -2.40. The second kappa shape index (κ2) is 12.8. The zero-order valence-electron chi connectivity index (χ0n) is 25.7. The summed E-state index contributed by atoms with van der Waals surface area (Å²) in [5.74, 6) is -1.52. The van der Waals surface area contributed by atoms with Gasteiger partial charge in [0.15, 0.2) is 4.80 Å². The fourth-order valence-corrected chi connectivity index (χ4v) is 7.19. The lowest BCUT2D eigenvalue weighted by Gasteiger charge is -2.26. The smallest absolute Gasteiger partial charge is 0.338 e. The molecule has 0 saturated carbocycles. The quantitative estimate of drug-likeness (QED) is 0.169. The predicted octanol–water partition coefficient (Wildman–Crippen LogP) is 5.76. The molecular formula is C36H31N3O5S2. The van der Waals surface area contributed by atoms with Crippen LogP contribution in [-0.4, -0.2) is 39.0 Å². The number of hydrogen-bond acceptors (Lipinski definition) is 7. The van der Waals surface area contributed by atoms with Crippen LogP contribution >= 0.6 is 23.1 Å². The van der Waals surface area contributed by atoms with Gasteiger partial charge in [-0.2, -0.15) is 0 Å². The highest BCUT2D eigenvalue weighted by Crippen LogP contribution is 2.35. The van der Waals surface area contributed by atoms with E-state index in [0.717, 1.165) is 38.7 Å².